The summed E-state index contributed by atoms with van der Waals surface area (Å²) in [7, 11) is 0. The van der Waals surface area contributed by atoms with Crippen molar-refractivity contribution < 1.29 is 44.8 Å². The van der Waals surface area contributed by atoms with Crippen LogP contribution >= 0.6 is 0 Å². The molecule has 21 heavy (non-hydrogen) atoms. The van der Waals surface area contributed by atoms with Crippen molar-refractivity contribution >= 4 is 0 Å². The molecule has 0 radical (unpaired) electrons. The van der Waals surface area contributed by atoms with Crippen LogP contribution in [-0.2, 0) is 14.2 Å². The molecule has 126 valence electrons. The Labute approximate surface area is 122 Å². The molecule has 9 heteroatoms. The van der Waals surface area contributed by atoms with E-state index in [2.05, 4.69) is 0 Å². The predicted molar refractivity (Wildman–Crippen MR) is 68.2 cm³/mol. The van der Waals surface area contributed by atoms with Gasteiger partial charge in [-0.2, -0.15) is 0 Å². The Balaban J connectivity index is 2.37. The van der Waals surface area contributed by atoms with Gasteiger partial charge in [0.15, 0.2) is 6.29 Å². The van der Waals surface area contributed by atoms with E-state index in [1.54, 1.807) is 0 Å². The zero-order valence-electron chi connectivity index (χ0n) is 11.8. The van der Waals surface area contributed by atoms with Gasteiger partial charge in [-0.1, -0.05) is 0 Å². The highest BCUT2D eigenvalue weighted by Gasteiger charge is 2.43. The molecule has 6 unspecified atom stereocenters. The molecule has 0 amide bonds. The van der Waals surface area contributed by atoms with E-state index in [4.69, 9.17) is 24.4 Å². The highest BCUT2D eigenvalue weighted by Crippen LogP contribution is 2.21. The highest BCUT2D eigenvalue weighted by atomic mass is 16.7. The smallest absolute Gasteiger partial charge is 0.186 e. The summed E-state index contributed by atoms with van der Waals surface area (Å²) >= 11 is 0. The van der Waals surface area contributed by atoms with Gasteiger partial charge in [0.25, 0.3) is 0 Å². The summed E-state index contributed by atoms with van der Waals surface area (Å²) < 4.78 is 15.5. The second-order valence-electron chi connectivity index (χ2n) is 4.90. The topological polar surface area (TPSA) is 149 Å². The maximum absolute atomic E-state index is 9.70. The molecule has 6 N–H and O–H groups in total. The standard InChI is InChI=1S/C12H24O9/c1-6(15)7(4-13)19-2-3-20-12-11(18)10(17)9(16)8(5-14)21-12/h6-18H,2-5H2,1H3/t6-,7?,8?,9?,10?,11?,12?/m0/s1. The van der Waals surface area contributed by atoms with E-state index >= 15 is 0 Å². The molecule has 9 nitrogen and oxygen atoms in total. The van der Waals surface area contributed by atoms with E-state index in [-0.39, 0.29) is 19.8 Å². The third-order valence-corrected chi connectivity index (χ3v) is 3.26. The van der Waals surface area contributed by atoms with Crippen LogP contribution in [0.4, 0.5) is 0 Å². The molecule has 1 saturated heterocycles. The lowest BCUT2D eigenvalue weighted by molar-refractivity contribution is -0.303. The Hall–Kier alpha value is -0.360. The van der Waals surface area contributed by atoms with Gasteiger partial charge in [0, 0.05) is 0 Å². The maximum atomic E-state index is 9.70. The normalized spacial score (nSPS) is 36.4. The Bertz CT molecular complexity index is 286. The molecule has 1 aliphatic rings. The third kappa shape index (κ3) is 5.09. The van der Waals surface area contributed by atoms with Crippen LogP contribution in [0.15, 0.2) is 0 Å². The van der Waals surface area contributed by atoms with Crippen LogP contribution in [0.25, 0.3) is 0 Å². The van der Waals surface area contributed by atoms with E-state index in [0.29, 0.717) is 0 Å². The second kappa shape index (κ2) is 8.93. The van der Waals surface area contributed by atoms with Gasteiger partial charge in [0.2, 0.25) is 0 Å². The monoisotopic (exact) mass is 312 g/mol. The quantitative estimate of drug-likeness (QED) is 0.252. The number of aliphatic hydroxyl groups is 6. The van der Waals surface area contributed by atoms with Crippen molar-refractivity contribution in [1.82, 2.24) is 0 Å². The summed E-state index contributed by atoms with van der Waals surface area (Å²) in [6.45, 7) is 0.573. The number of ether oxygens (including phenoxy) is 3. The Morgan fingerprint density at radius 3 is 2.24 bits per heavy atom. The average Bonchev–Trinajstić information content (AvgIpc) is 2.46. The molecular weight excluding hydrogens is 288 g/mol. The molecule has 1 fully saturated rings. The lowest BCUT2D eigenvalue weighted by Gasteiger charge is -2.39. The highest BCUT2D eigenvalue weighted by molar-refractivity contribution is 4.88. The van der Waals surface area contributed by atoms with Gasteiger partial charge in [0.1, 0.15) is 30.5 Å². The summed E-state index contributed by atoms with van der Waals surface area (Å²) in [6, 6.07) is 0. The van der Waals surface area contributed by atoms with Crippen molar-refractivity contribution in [3.63, 3.8) is 0 Å². The van der Waals surface area contributed by atoms with E-state index in [1.807, 2.05) is 0 Å². The first-order chi connectivity index (χ1) is 9.92. The van der Waals surface area contributed by atoms with Crippen LogP contribution in [-0.4, -0.2) is 100.0 Å². The maximum Gasteiger partial charge on any atom is 0.186 e. The minimum atomic E-state index is -1.50. The zero-order chi connectivity index (χ0) is 16.0. The lowest BCUT2D eigenvalue weighted by atomic mass is 9.99. The van der Waals surface area contributed by atoms with E-state index in [9.17, 15) is 20.4 Å². The number of hydrogen-bond donors (Lipinski definition) is 6. The Morgan fingerprint density at radius 2 is 1.71 bits per heavy atom. The molecule has 0 spiro atoms. The van der Waals surface area contributed by atoms with Crippen molar-refractivity contribution in [3.05, 3.63) is 0 Å². The number of hydrogen-bond acceptors (Lipinski definition) is 9. The van der Waals surface area contributed by atoms with Crippen LogP contribution in [0.1, 0.15) is 6.92 Å². The second-order valence-corrected chi connectivity index (χ2v) is 4.90. The van der Waals surface area contributed by atoms with Crippen LogP contribution in [0.3, 0.4) is 0 Å². The number of aliphatic hydroxyl groups excluding tert-OH is 6. The first-order valence-electron chi connectivity index (χ1n) is 6.75. The minimum Gasteiger partial charge on any atom is -0.394 e. The third-order valence-electron chi connectivity index (χ3n) is 3.26. The first kappa shape index (κ1) is 18.7. The van der Waals surface area contributed by atoms with Crippen LogP contribution < -0.4 is 0 Å². The van der Waals surface area contributed by atoms with Gasteiger partial charge < -0.3 is 44.8 Å². The largest absolute Gasteiger partial charge is 0.394 e. The fraction of sp³-hybridized carbons (Fsp3) is 1.00. The molecule has 0 saturated carbocycles. The summed E-state index contributed by atoms with van der Waals surface area (Å²) in [4.78, 5) is 0. The average molecular weight is 312 g/mol. The van der Waals surface area contributed by atoms with Crippen molar-refractivity contribution in [2.75, 3.05) is 26.4 Å². The van der Waals surface area contributed by atoms with E-state index in [0.717, 1.165) is 0 Å². The molecule has 1 aliphatic heterocycles. The van der Waals surface area contributed by atoms with Gasteiger partial charge in [-0.05, 0) is 6.92 Å². The van der Waals surface area contributed by atoms with Crippen LogP contribution in [0, 0.1) is 0 Å². The first-order valence-corrected chi connectivity index (χ1v) is 6.75. The molecule has 1 heterocycles. The summed E-state index contributed by atoms with van der Waals surface area (Å²) in [5, 5.41) is 56.0. The molecule has 0 aromatic heterocycles. The summed E-state index contributed by atoms with van der Waals surface area (Å²) in [5.74, 6) is 0. The molecule has 0 aromatic rings. The molecular formula is C12H24O9. The molecule has 0 bridgehead atoms. The van der Waals surface area contributed by atoms with Crippen molar-refractivity contribution in [2.24, 2.45) is 0 Å². The van der Waals surface area contributed by atoms with Crippen LogP contribution in [0.5, 0.6) is 0 Å². The SMILES string of the molecule is C[C@H](O)C(CO)OCCOC1OC(CO)C(O)C(O)C1O. The van der Waals surface area contributed by atoms with Crippen molar-refractivity contribution in [1.29, 1.82) is 0 Å². The summed E-state index contributed by atoms with van der Waals surface area (Å²) in [5.41, 5.74) is 0. The minimum absolute atomic E-state index is 0.0190. The van der Waals surface area contributed by atoms with Crippen molar-refractivity contribution in [2.45, 2.75) is 49.8 Å². The van der Waals surface area contributed by atoms with Gasteiger partial charge in [-0.15, -0.1) is 0 Å². The Morgan fingerprint density at radius 1 is 1.05 bits per heavy atom. The molecule has 7 atom stereocenters. The van der Waals surface area contributed by atoms with Gasteiger partial charge >= 0.3 is 0 Å². The fourth-order valence-corrected chi connectivity index (χ4v) is 1.91. The lowest BCUT2D eigenvalue weighted by Crippen LogP contribution is -2.59. The Kier molecular flexibility index (Phi) is 7.95. The predicted octanol–water partition coefficient (Wildman–Crippen LogP) is -3.44. The van der Waals surface area contributed by atoms with E-state index in [1.165, 1.54) is 6.92 Å². The molecule has 0 aliphatic carbocycles. The molecule has 0 aromatic carbocycles. The van der Waals surface area contributed by atoms with E-state index < -0.39 is 49.5 Å². The van der Waals surface area contributed by atoms with Crippen molar-refractivity contribution in [3.8, 4) is 0 Å². The summed E-state index contributed by atoms with van der Waals surface area (Å²) in [6.07, 6.45) is -8.24. The van der Waals surface area contributed by atoms with Gasteiger partial charge in [-0.3, -0.25) is 0 Å². The molecule has 1 rings (SSSR count). The fourth-order valence-electron chi connectivity index (χ4n) is 1.91. The van der Waals surface area contributed by atoms with Gasteiger partial charge in [0.05, 0.1) is 32.5 Å². The van der Waals surface area contributed by atoms with Gasteiger partial charge in [-0.25, -0.2) is 0 Å². The zero-order valence-corrected chi connectivity index (χ0v) is 11.8. The van der Waals surface area contributed by atoms with Crippen LogP contribution in [0.2, 0.25) is 0 Å². The number of rotatable bonds is 8.